The van der Waals surface area contributed by atoms with Crippen LogP contribution in [0, 0.1) is 0 Å². The van der Waals surface area contributed by atoms with Gasteiger partial charge in [0.2, 0.25) is 5.91 Å². The summed E-state index contributed by atoms with van der Waals surface area (Å²) in [7, 11) is 2.07. The van der Waals surface area contributed by atoms with E-state index in [1.807, 2.05) is 25.1 Å². The summed E-state index contributed by atoms with van der Waals surface area (Å²) < 4.78 is 5.56. The van der Waals surface area contributed by atoms with Crippen molar-refractivity contribution in [1.82, 2.24) is 15.5 Å². The summed E-state index contributed by atoms with van der Waals surface area (Å²) in [6.07, 6.45) is 0.433. The summed E-state index contributed by atoms with van der Waals surface area (Å²) >= 11 is 0. The first-order valence-corrected chi connectivity index (χ1v) is 7.97. The summed E-state index contributed by atoms with van der Waals surface area (Å²) in [4.78, 5) is 14.2. The van der Waals surface area contributed by atoms with Gasteiger partial charge in [-0.2, -0.15) is 0 Å². The molecule has 23 heavy (non-hydrogen) atoms. The minimum Gasteiger partial charge on any atom is -0.375 e. The van der Waals surface area contributed by atoms with Crippen molar-refractivity contribution >= 4 is 18.3 Å². The third-order valence-corrected chi connectivity index (χ3v) is 3.71. The summed E-state index contributed by atoms with van der Waals surface area (Å²) in [5, 5.41) is 6.30. The maximum absolute atomic E-state index is 12.0. The number of ether oxygens (including phenoxy) is 1. The van der Waals surface area contributed by atoms with E-state index in [0.717, 1.165) is 26.2 Å². The fourth-order valence-corrected chi connectivity index (χ4v) is 2.76. The quantitative estimate of drug-likeness (QED) is 0.787. The molecule has 0 aliphatic carbocycles. The van der Waals surface area contributed by atoms with Crippen LogP contribution in [0.2, 0.25) is 0 Å². The third kappa shape index (κ3) is 7.79. The molecule has 1 saturated heterocycles. The Morgan fingerprint density at radius 3 is 2.83 bits per heavy atom. The second-order valence-corrected chi connectivity index (χ2v) is 6.05. The van der Waals surface area contributed by atoms with Crippen LogP contribution in [-0.4, -0.2) is 56.2 Å². The molecular weight excluding hydrogens is 314 g/mol. The van der Waals surface area contributed by atoms with E-state index in [1.54, 1.807) is 0 Å². The lowest BCUT2D eigenvalue weighted by Gasteiger charge is -2.25. The smallest absolute Gasteiger partial charge is 0.222 e. The number of amides is 1. The lowest BCUT2D eigenvalue weighted by Crippen LogP contribution is -2.45. The number of hydrogen-bond donors (Lipinski definition) is 2. The van der Waals surface area contributed by atoms with Gasteiger partial charge in [0.25, 0.3) is 0 Å². The number of halogens is 1. The van der Waals surface area contributed by atoms with Gasteiger partial charge in [0.05, 0.1) is 19.1 Å². The van der Waals surface area contributed by atoms with E-state index in [4.69, 9.17) is 4.74 Å². The predicted molar refractivity (Wildman–Crippen MR) is 94.9 cm³/mol. The van der Waals surface area contributed by atoms with E-state index in [1.165, 1.54) is 5.56 Å². The fraction of sp³-hybridized carbons (Fsp3) is 0.588. The Morgan fingerprint density at radius 1 is 1.43 bits per heavy atom. The summed E-state index contributed by atoms with van der Waals surface area (Å²) in [5.41, 5.74) is 1.28. The molecule has 0 radical (unpaired) electrons. The van der Waals surface area contributed by atoms with Crippen LogP contribution in [0.15, 0.2) is 30.3 Å². The van der Waals surface area contributed by atoms with Crippen LogP contribution in [0.4, 0.5) is 0 Å². The van der Waals surface area contributed by atoms with E-state index in [0.29, 0.717) is 13.0 Å². The van der Waals surface area contributed by atoms with Gasteiger partial charge in [-0.25, -0.2) is 0 Å². The van der Waals surface area contributed by atoms with Gasteiger partial charge in [0.15, 0.2) is 0 Å². The minimum absolute atomic E-state index is 0. The Labute approximate surface area is 145 Å². The van der Waals surface area contributed by atoms with Gasteiger partial charge in [0, 0.05) is 32.2 Å². The molecule has 0 saturated carbocycles. The zero-order valence-electron chi connectivity index (χ0n) is 14.0. The first-order valence-electron chi connectivity index (χ1n) is 7.97. The zero-order chi connectivity index (χ0) is 15.8. The Bertz CT molecular complexity index is 452. The Hall–Kier alpha value is -1.14. The topological polar surface area (TPSA) is 53.6 Å². The van der Waals surface area contributed by atoms with E-state index >= 15 is 0 Å². The highest BCUT2D eigenvalue weighted by Gasteiger charge is 2.18. The predicted octanol–water partition coefficient (Wildman–Crippen LogP) is 1.42. The van der Waals surface area contributed by atoms with Crippen molar-refractivity contribution in [2.45, 2.75) is 32.0 Å². The van der Waals surface area contributed by atoms with Gasteiger partial charge < -0.3 is 20.3 Å². The summed E-state index contributed by atoms with van der Waals surface area (Å²) in [6.45, 7) is 6.07. The molecule has 1 aliphatic rings. The van der Waals surface area contributed by atoms with E-state index in [2.05, 4.69) is 34.7 Å². The van der Waals surface area contributed by atoms with Crippen LogP contribution in [0.25, 0.3) is 0 Å². The maximum Gasteiger partial charge on any atom is 0.222 e. The number of carbonyl (C=O) groups excluding carboxylic acids is 1. The first kappa shape index (κ1) is 19.9. The molecule has 0 spiro atoms. The maximum atomic E-state index is 12.0. The average molecular weight is 342 g/mol. The van der Waals surface area contributed by atoms with Crippen LogP contribution in [-0.2, 0) is 16.1 Å². The van der Waals surface area contributed by atoms with Crippen LogP contribution >= 0.6 is 12.4 Å². The Balaban J connectivity index is 0.00000264. The second kappa shape index (κ2) is 10.6. The molecule has 0 bridgehead atoms. The van der Waals surface area contributed by atoms with E-state index in [9.17, 15) is 4.79 Å². The first-order chi connectivity index (χ1) is 10.6. The molecule has 1 amide bonds. The average Bonchev–Trinajstić information content (AvgIpc) is 2.48. The summed E-state index contributed by atoms with van der Waals surface area (Å²) in [5.74, 6) is 0.0642. The normalized spacial score (nSPS) is 19.0. The van der Waals surface area contributed by atoms with Crippen molar-refractivity contribution in [2.24, 2.45) is 0 Å². The van der Waals surface area contributed by atoms with Crippen LogP contribution in [0.5, 0.6) is 0 Å². The Kier molecular flexibility index (Phi) is 9.17. The molecule has 0 aromatic heterocycles. The molecule has 2 atom stereocenters. The molecule has 130 valence electrons. The largest absolute Gasteiger partial charge is 0.375 e. The molecule has 1 aliphatic heterocycles. The van der Waals surface area contributed by atoms with Crippen molar-refractivity contribution in [3.05, 3.63) is 35.9 Å². The van der Waals surface area contributed by atoms with Crippen molar-refractivity contribution < 1.29 is 9.53 Å². The third-order valence-electron chi connectivity index (χ3n) is 3.71. The fourth-order valence-electron chi connectivity index (χ4n) is 2.76. The number of hydrogen-bond acceptors (Lipinski definition) is 4. The number of nitrogens with zero attached hydrogens (tertiary/aromatic N) is 1. The Morgan fingerprint density at radius 2 is 2.17 bits per heavy atom. The highest BCUT2D eigenvalue weighted by Crippen LogP contribution is 2.04. The second-order valence-electron chi connectivity index (χ2n) is 6.05. The SMILES string of the molecule is CC(CN(C)Cc1ccccc1)NC(=O)CC1CNCCO1.Cl. The van der Waals surface area contributed by atoms with Crippen molar-refractivity contribution in [3.8, 4) is 0 Å². The van der Waals surface area contributed by atoms with Gasteiger partial charge >= 0.3 is 0 Å². The van der Waals surface area contributed by atoms with Gasteiger partial charge in [-0.3, -0.25) is 4.79 Å². The number of likely N-dealkylation sites (N-methyl/N-ethyl adjacent to an activating group) is 1. The highest BCUT2D eigenvalue weighted by molar-refractivity contribution is 5.85. The van der Waals surface area contributed by atoms with Gasteiger partial charge in [-0.05, 0) is 19.5 Å². The van der Waals surface area contributed by atoms with Crippen molar-refractivity contribution in [3.63, 3.8) is 0 Å². The van der Waals surface area contributed by atoms with Gasteiger partial charge in [-0.1, -0.05) is 30.3 Å². The van der Waals surface area contributed by atoms with Crippen molar-refractivity contribution in [1.29, 1.82) is 0 Å². The van der Waals surface area contributed by atoms with Crippen LogP contribution in [0.3, 0.4) is 0 Å². The number of benzene rings is 1. The summed E-state index contributed by atoms with van der Waals surface area (Å²) in [6, 6.07) is 10.5. The van der Waals surface area contributed by atoms with Crippen LogP contribution < -0.4 is 10.6 Å². The molecule has 1 heterocycles. The number of rotatable bonds is 7. The molecular formula is C17H28ClN3O2. The number of nitrogens with one attached hydrogen (secondary N) is 2. The molecule has 2 N–H and O–H groups in total. The minimum atomic E-state index is 0. The van der Waals surface area contributed by atoms with Crippen LogP contribution in [0.1, 0.15) is 18.9 Å². The zero-order valence-corrected chi connectivity index (χ0v) is 14.8. The lowest BCUT2D eigenvalue weighted by atomic mass is 10.2. The monoisotopic (exact) mass is 341 g/mol. The molecule has 6 heteroatoms. The lowest BCUT2D eigenvalue weighted by molar-refractivity contribution is -0.125. The number of morpholine rings is 1. The van der Waals surface area contributed by atoms with Gasteiger partial charge in [-0.15, -0.1) is 12.4 Å². The van der Waals surface area contributed by atoms with E-state index in [-0.39, 0.29) is 30.5 Å². The molecule has 1 aromatic rings. The molecule has 1 fully saturated rings. The number of carbonyl (C=O) groups is 1. The molecule has 1 aromatic carbocycles. The molecule has 2 unspecified atom stereocenters. The van der Waals surface area contributed by atoms with E-state index < -0.39 is 0 Å². The van der Waals surface area contributed by atoms with Crippen molar-refractivity contribution in [2.75, 3.05) is 33.3 Å². The molecule has 2 rings (SSSR count). The molecule has 5 nitrogen and oxygen atoms in total. The van der Waals surface area contributed by atoms with Gasteiger partial charge in [0.1, 0.15) is 0 Å². The standard InChI is InChI=1S/C17H27N3O2.ClH/c1-14(12-20(2)13-15-6-4-3-5-7-15)19-17(21)10-16-11-18-8-9-22-16;/h3-7,14,16,18H,8-13H2,1-2H3,(H,19,21);1H. The highest BCUT2D eigenvalue weighted by atomic mass is 35.5.